The van der Waals surface area contributed by atoms with Crippen molar-refractivity contribution in [2.24, 2.45) is 5.41 Å². The average molecular weight is 269 g/mol. The van der Waals surface area contributed by atoms with Gasteiger partial charge in [-0.25, -0.2) is 4.39 Å². The van der Waals surface area contributed by atoms with Gasteiger partial charge in [-0.1, -0.05) is 0 Å². The van der Waals surface area contributed by atoms with Crippen LogP contribution in [0.15, 0.2) is 18.2 Å². The number of carboxylic acids is 1. The molecule has 1 saturated carbocycles. The van der Waals surface area contributed by atoms with Crippen molar-refractivity contribution >= 4 is 11.7 Å². The van der Waals surface area contributed by atoms with Gasteiger partial charge in [0, 0.05) is 17.5 Å². The van der Waals surface area contributed by atoms with Crippen LogP contribution in [0.25, 0.3) is 0 Å². The van der Waals surface area contributed by atoms with Crippen molar-refractivity contribution in [3.8, 4) is 5.75 Å². The topological polar surface area (TPSA) is 89.7 Å². The number of nitro benzene ring substituents is 1. The highest BCUT2D eigenvalue weighted by atomic mass is 19.1. The minimum absolute atomic E-state index is 0.0452. The summed E-state index contributed by atoms with van der Waals surface area (Å²) >= 11 is 0. The Morgan fingerprint density at radius 1 is 1.53 bits per heavy atom. The maximum absolute atomic E-state index is 13.1. The lowest BCUT2D eigenvalue weighted by molar-refractivity contribution is -0.386. The summed E-state index contributed by atoms with van der Waals surface area (Å²) in [7, 11) is 0. The maximum Gasteiger partial charge on any atom is 0.311 e. The third-order valence-corrected chi connectivity index (χ3v) is 3.14. The van der Waals surface area contributed by atoms with Crippen molar-refractivity contribution in [1.82, 2.24) is 0 Å². The van der Waals surface area contributed by atoms with Crippen LogP contribution in [-0.4, -0.2) is 22.6 Å². The molecule has 0 bridgehead atoms. The number of nitro groups is 1. The van der Waals surface area contributed by atoms with Crippen LogP contribution in [0.2, 0.25) is 0 Å². The fraction of sp³-hybridized carbons (Fsp3) is 0.417. The highest BCUT2D eigenvalue weighted by Crippen LogP contribution is 2.49. The molecule has 0 aliphatic heterocycles. The summed E-state index contributed by atoms with van der Waals surface area (Å²) in [5.74, 6) is -1.74. The molecule has 1 N–H and O–H groups in total. The Kier molecular flexibility index (Phi) is 3.37. The smallest absolute Gasteiger partial charge is 0.311 e. The van der Waals surface area contributed by atoms with Crippen LogP contribution in [0.1, 0.15) is 19.3 Å². The number of carbonyl (C=O) groups is 1. The van der Waals surface area contributed by atoms with Gasteiger partial charge in [-0.15, -0.1) is 0 Å². The lowest BCUT2D eigenvalue weighted by Gasteiger charge is -2.14. The van der Waals surface area contributed by atoms with Gasteiger partial charge in [-0.3, -0.25) is 14.9 Å². The van der Waals surface area contributed by atoms with E-state index in [1.807, 2.05) is 0 Å². The third kappa shape index (κ3) is 3.18. The number of nitrogens with zero attached hydrogens (tertiary/aromatic N) is 1. The lowest BCUT2D eigenvalue weighted by Crippen LogP contribution is -2.17. The first-order valence-electron chi connectivity index (χ1n) is 5.70. The number of hydrogen-bond acceptors (Lipinski definition) is 4. The molecule has 0 heterocycles. The standard InChI is InChI=1S/C12H12FNO5/c13-8-1-2-9(14(17)18)10(5-8)19-7-12(3-4-12)6-11(15)16/h1-2,5H,3-4,6-7H2,(H,15,16). The fourth-order valence-corrected chi connectivity index (χ4v) is 1.85. The van der Waals surface area contributed by atoms with Gasteiger partial charge in [0.05, 0.1) is 18.0 Å². The fourth-order valence-electron chi connectivity index (χ4n) is 1.85. The summed E-state index contributed by atoms with van der Waals surface area (Å²) in [6, 6.07) is 2.95. The van der Waals surface area contributed by atoms with Gasteiger partial charge in [-0.2, -0.15) is 0 Å². The molecule has 6 nitrogen and oxygen atoms in total. The second-order valence-electron chi connectivity index (χ2n) is 4.73. The zero-order valence-corrected chi connectivity index (χ0v) is 9.97. The second kappa shape index (κ2) is 4.83. The minimum Gasteiger partial charge on any atom is -0.486 e. The van der Waals surface area contributed by atoms with Crippen molar-refractivity contribution in [2.45, 2.75) is 19.3 Å². The number of ether oxygens (including phenoxy) is 1. The van der Waals surface area contributed by atoms with E-state index in [0.29, 0.717) is 12.8 Å². The van der Waals surface area contributed by atoms with Gasteiger partial charge in [0.25, 0.3) is 0 Å². The Morgan fingerprint density at radius 3 is 2.74 bits per heavy atom. The van der Waals surface area contributed by atoms with Gasteiger partial charge in [0.1, 0.15) is 5.82 Å². The SMILES string of the molecule is O=C(O)CC1(COc2cc(F)ccc2[N+](=O)[O-])CC1. The van der Waals surface area contributed by atoms with Gasteiger partial charge in [0.15, 0.2) is 5.75 Å². The minimum atomic E-state index is -0.935. The van der Waals surface area contributed by atoms with E-state index in [1.165, 1.54) is 0 Å². The quantitative estimate of drug-likeness (QED) is 0.632. The van der Waals surface area contributed by atoms with Crippen molar-refractivity contribution in [2.75, 3.05) is 6.61 Å². The number of benzene rings is 1. The molecule has 0 radical (unpaired) electrons. The zero-order chi connectivity index (χ0) is 14.0. The molecule has 0 amide bonds. The monoisotopic (exact) mass is 269 g/mol. The first kappa shape index (κ1) is 13.3. The molecule has 0 spiro atoms. The van der Waals surface area contributed by atoms with Gasteiger partial charge < -0.3 is 9.84 Å². The summed E-state index contributed by atoms with van der Waals surface area (Å²) in [6.45, 7) is 0.0452. The van der Waals surface area contributed by atoms with Crippen molar-refractivity contribution in [3.63, 3.8) is 0 Å². The molecule has 0 unspecified atom stereocenters. The molecule has 1 aliphatic rings. The second-order valence-corrected chi connectivity index (χ2v) is 4.73. The molecule has 1 fully saturated rings. The van der Waals surface area contributed by atoms with Gasteiger partial charge in [-0.05, 0) is 18.9 Å². The van der Waals surface area contributed by atoms with E-state index in [4.69, 9.17) is 9.84 Å². The number of aliphatic carboxylic acids is 1. The van der Waals surface area contributed by atoms with E-state index in [0.717, 1.165) is 18.2 Å². The van der Waals surface area contributed by atoms with Crippen LogP contribution >= 0.6 is 0 Å². The number of hydrogen-bond donors (Lipinski definition) is 1. The molecule has 1 aliphatic carbocycles. The van der Waals surface area contributed by atoms with Gasteiger partial charge >= 0.3 is 11.7 Å². The summed E-state index contributed by atoms with van der Waals surface area (Å²) in [5.41, 5.74) is -0.793. The lowest BCUT2D eigenvalue weighted by atomic mass is 10.0. The van der Waals surface area contributed by atoms with E-state index < -0.39 is 22.1 Å². The number of halogens is 1. The van der Waals surface area contributed by atoms with Crippen LogP contribution in [0.3, 0.4) is 0 Å². The molecule has 102 valence electrons. The molecule has 7 heteroatoms. The highest BCUT2D eigenvalue weighted by Gasteiger charge is 2.45. The largest absolute Gasteiger partial charge is 0.486 e. The third-order valence-electron chi connectivity index (χ3n) is 3.14. The Labute approximate surface area is 108 Å². The summed E-state index contributed by atoms with van der Waals surface area (Å²) in [6.07, 6.45) is 1.35. The molecule has 19 heavy (non-hydrogen) atoms. The van der Waals surface area contributed by atoms with Gasteiger partial charge in [0.2, 0.25) is 0 Å². The molecule has 2 rings (SSSR count). The normalized spacial score (nSPS) is 15.8. The Hall–Kier alpha value is -2.18. The molecular weight excluding hydrogens is 257 g/mol. The molecule has 1 aromatic carbocycles. The average Bonchev–Trinajstić information content (AvgIpc) is 3.05. The Bertz CT molecular complexity index is 527. The summed E-state index contributed by atoms with van der Waals surface area (Å²) in [4.78, 5) is 20.8. The molecule has 1 aromatic rings. The first-order valence-corrected chi connectivity index (χ1v) is 5.70. The molecule has 0 atom stereocenters. The van der Waals surface area contributed by atoms with E-state index in [9.17, 15) is 19.3 Å². The Morgan fingerprint density at radius 2 is 2.21 bits per heavy atom. The molecular formula is C12H12FNO5. The predicted octanol–water partition coefficient (Wildman–Crippen LogP) is 2.37. The number of carboxylic acid groups (broad SMARTS) is 1. The van der Waals surface area contributed by atoms with E-state index in [1.54, 1.807) is 0 Å². The maximum atomic E-state index is 13.1. The van der Waals surface area contributed by atoms with Crippen LogP contribution < -0.4 is 4.74 Å². The zero-order valence-electron chi connectivity index (χ0n) is 9.97. The highest BCUT2D eigenvalue weighted by molar-refractivity contribution is 5.68. The van der Waals surface area contributed by atoms with Crippen LogP contribution in [0, 0.1) is 21.3 Å². The predicted molar refractivity (Wildman–Crippen MR) is 62.5 cm³/mol. The van der Waals surface area contributed by atoms with Crippen molar-refractivity contribution in [3.05, 3.63) is 34.1 Å². The van der Waals surface area contributed by atoms with Crippen molar-refractivity contribution < 1.29 is 24.0 Å². The molecule has 0 aromatic heterocycles. The van der Waals surface area contributed by atoms with Crippen LogP contribution in [-0.2, 0) is 4.79 Å². The molecule has 0 saturated heterocycles. The van der Waals surface area contributed by atoms with Crippen molar-refractivity contribution in [1.29, 1.82) is 0 Å². The Balaban J connectivity index is 2.09. The summed E-state index contributed by atoms with van der Waals surface area (Å²) in [5, 5.41) is 19.5. The van der Waals surface area contributed by atoms with E-state index >= 15 is 0 Å². The van der Waals surface area contributed by atoms with E-state index in [-0.39, 0.29) is 24.5 Å². The summed E-state index contributed by atoms with van der Waals surface area (Å²) < 4.78 is 18.3. The number of rotatable bonds is 6. The van der Waals surface area contributed by atoms with Crippen LogP contribution in [0.4, 0.5) is 10.1 Å². The van der Waals surface area contributed by atoms with Crippen LogP contribution in [0.5, 0.6) is 5.75 Å². The first-order chi connectivity index (χ1) is 8.92. The van der Waals surface area contributed by atoms with E-state index in [2.05, 4.69) is 0 Å².